The lowest BCUT2D eigenvalue weighted by atomic mass is 10.1. The number of benzene rings is 1. The second kappa shape index (κ2) is 5.15. The predicted octanol–water partition coefficient (Wildman–Crippen LogP) is 2.18. The minimum atomic E-state index is 0.708. The first-order valence-corrected chi connectivity index (χ1v) is 5.20. The summed E-state index contributed by atoms with van der Waals surface area (Å²) in [6.07, 6.45) is 1.91. The van der Waals surface area contributed by atoms with Crippen molar-refractivity contribution in [3.8, 4) is 6.07 Å². The van der Waals surface area contributed by atoms with E-state index in [0.717, 1.165) is 24.3 Å². The molecule has 0 saturated heterocycles. The van der Waals surface area contributed by atoms with Crippen LogP contribution in [0.3, 0.4) is 0 Å². The molecule has 16 heavy (non-hydrogen) atoms. The minimum absolute atomic E-state index is 0.708. The van der Waals surface area contributed by atoms with Crippen LogP contribution in [0.2, 0.25) is 0 Å². The smallest absolute Gasteiger partial charge is 0.0991 e. The first-order valence-electron chi connectivity index (χ1n) is 5.20. The van der Waals surface area contributed by atoms with Gasteiger partial charge in [0.2, 0.25) is 0 Å². The van der Waals surface area contributed by atoms with Gasteiger partial charge in [0.25, 0.3) is 0 Å². The summed E-state index contributed by atoms with van der Waals surface area (Å²) < 4.78 is 0. The van der Waals surface area contributed by atoms with Gasteiger partial charge in [-0.3, -0.25) is 0 Å². The van der Waals surface area contributed by atoms with E-state index < -0.39 is 0 Å². The summed E-state index contributed by atoms with van der Waals surface area (Å²) in [5.74, 6) is 0. The normalized spacial score (nSPS) is 9.94. The molecule has 0 amide bonds. The number of nitriles is 1. The van der Waals surface area contributed by atoms with Crippen LogP contribution in [0.5, 0.6) is 0 Å². The van der Waals surface area contributed by atoms with E-state index in [1.807, 2.05) is 42.6 Å². The summed E-state index contributed by atoms with van der Waals surface area (Å²) in [4.78, 5) is 3.13. The molecule has 0 radical (unpaired) electrons. The number of aromatic amines is 1. The molecule has 1 aromatic heterocycles. The largest absolute Gasteiger partial charge is 0.364 e. The van der Waals surface area contributed by atoms with Crippen molar-refractivity contribution in [2.45, 2.75) is 13.1 Å². The van der Waals surface area contributed by atoms with Gasteiger partial charge in [-0.1, -0.05) is 12.1 Å². The number of H-pyrrole nitrogens is 1. The molecule has 1 aromatic carbocycles. The van der Waals surface area contributed by atoms with E-state index in [9.17, 15) is 0 Å². The maximum Gasteiger partial charge on any atom is 0.0991 e. The molecule has 0 bridgehead atoms. The van der Waals surface area contributed by atoms with Crippen LogP contribution in [0.15, 0.2) is 42.6 Å². The van der Waals surface area contributed by atoms with E-state index in [4.69, 9.17) is 5.26 Å². The summed E-state index contributed by atoms with van der Waals surface area (Å²) in [6.45, 7) is 1.58. The lowest BCUT2D eigenvalue weighted by molar-refractivity contribution is 0.682. The van der Waals surface area contributed by atoms with Gasteiger partial charge in [-0.2, -0.15) is 5.26 Å². The third kappa shape index (κ3) is 2.72. The highest BCUT2D eigenvalue weighted by Crippen LogP contribution is 2.04. The Balaban J connectivity index is 1.88. The Kier molecular flexibility index (Phi) is 3.37. The van der Waals surface area contributed by atoms with Crippen LogP contribution in [-0.4, -0.2) is 4.98 Å². The second-order valence-corrected chi connectivity index (χ2v) is 3.61. The van der Waals surface area contributed by atoms with Crippen LogP contribution in [0.1, 0.15) is 16.8 Å². The molecule has 0 spiro atoms. The van der Waals surface area contributed by atoms with Crippen molar-refractivity contribution in [2.24, 2.45) is 0 Å². The van der Waals surface area contributed by atoms with Gasteiger partial charge in [0.05, 0.1) is 11.6 Å². The predicted molar refractivity (Wildman–Crippen MR) is 62.5 cm³/mol. The van der Waals surface area contributed by atoms with Gasteiger partial charge in [-0.15, -0.1) is 0 Å². The van der Waals surface area contributed by atoms with Crippen molar-refractivity contribution in [3.63, 3.8) is 0 Å². The quantitative estimate of drug-likeness (QED) is 0.814. The highest BCUT2D eigenvalue weighted by molar-refractivity contribution is 5.32. The lowest BCUT2D eigenvalue weighted by Gasteiger charge is -2.03. The van der Waals surface area contributed by atoms with E-state index in [-0.39, 0.29) is 0 Å². The summed E-state index contributed by atoms with van der Waals surface area (Å²) in [6, 6.07) is 13.8. The summed E-state index contributed by atoms with van der Waals surface area (Å²) in [5.41, 5.74) is 3.00. The van der Waals surface area contributed by atoms with Crippen molar-refractivity contribution in [1.82, 2.24) is 10.3 Å². The molecule has 0 aliphatic heterocycles. The van der Waals surface area contributed by atoms with E-state index in [1.165, 1.54) is 0 Å². The molecule has 3 heteroatoms. The number of rotatable bonds is 4. The van der Waals surface area contributed by atoms with Crippen LogP contribution in [0.4, 0.5) is 0 Å². The second-order valence-electron chi connectivity index (χ2n) is 3.61. The van der Waals surface area contributed by atoms with Crippen molar-refractivity contribution >= 4 is 0 Å². The SMILES string of the molecule is N#Cc1cccc(CNCc2ccc[nH]2)c1. The Bertz CT molecular complexity index is 480. The van der Waals surface area contributed by atoms with E-state index in [2.05, 4.69) is 16.4 Å². The summed E-state index contributed by atoms with van der Waals surface area (Å²) in [5, 5.41) is 12.1. The average molecular weight is 211 g/mol. The van der Waals surface area contributed by atoms with Gasteiger partial charge in [-0.25, -0.2) is 0 Å². The number of nitrogens with zero attached hydrogens (tertiary/aromatic N) is 1. The number of aromatic nitrogens is 1. The zero-order valence-corrected chi connectivity index (χ0v) is 8.90. The Labute approximate surface area is 94.7 Å². The van der Waals surface area contributed by atoms with Gasteiger partial charge in [0, 0.05) is 25.0 Å². The molecule has 2 rings (SSSR count). The van der Waals surface area contributed by atoms with Gasteiger partial charge in [0.1, 0.15) is 0 Å². The maximum absolute atomic E-state index is 8.76. The number of hydrogen-bond donors (Lipinski definition) is 2. The van der Waals surface area contributed by atoms with Crippen molar-refractivity contribution in [2.75, 3.05) is 0 Å². The Hall–Kier alpha value is -2.05. The topological polar surface area (TPSA) is 51.6 Å². The van der Waals surface area contributed by atoms with E-state index in [0.29, 0.717) is 5.56 Å². The minimum Gasteiger partial charge on any atom is -0.364 e. The van der Waals surface area contributed by atoms with Gasteiger partial charge >= 0.3 is 0 Å². The first kappa shape index (κ1) is 10.5. The van der Waals surface area contributed by atoms with Crippen molar-refractivity contribution in [3.05, 3.63) is 59.4 Å². The number of hydrogen-bond acceptors (Lipinski definition) is 2. The highest BCUT2D eigenvalue weighted by Gasteiger charge is 1.96. The molecule has 0 atom stereocenters. The molecule has 0 unspecified atom stereocenters. The molecule has 0 aliphatic rings. The zero-order chi connectivity index (χ0) is 11.2. The van der Waals surface area contributed by atoms with Crippen molar-refractivity contribution in [1.29, 1.82) is 5.26 Å². The molecular formula is C13H13N3. The number of nitrogens with one attached hydrogen (secondary N) is 2. The van der Waals surface area contributed by atoms with Gasteiger partial charge in [0.15, 0.2) is 0 Å². The van der Waals surface area contributed by atoms with Crippen LogP contribution in [-0.2, 0) is 13.1 Å². The maximum atomic E-state index is 8.76. The van der Waals surface area contributed by atoms with Crippen LogP contribution in [0.25, 0.3) is 0 Å². The van der Waals surface area contributed by atoms with E-state index >= 15 is 0 Å². The standard InChI is InChI=1S/C13H13N3/c14-8-11-3-1-4-12(7-11)9-15-10-13-5-2-6-16-13/h1-7,15-16H,9-10H2. The highest BCUT2D eigenvalue weighted by atomic mass is 14.9. The van der Waals surface area contributed by atoms with E-state index in [1.54, 1.807) is 0 Å². The van der Waals surface area contributed by atoms with Gasteiger partial charge < -0.3 is 10.3 Å². The molecule has 0 saturated carbocycles. The molecule has 0 aliphatic carbocycles. The third-order valence-corrected chi connectivity index (χ3v) is 2.36. The fraction of sp³-hybridized carbons (Fsp3) is 0.154. The molecular weight excluding hydrogens is 198 g/mol. The molecule has 0 fully saturated rings. The fourth-order valence-electron chi connectivity index (χ4n) is 1.57. The lowest BCUT2D eigenvalue weighted by Crippen LogP contribution is -2.12. The molecule has 80 valence electrons. The molecule has 2 aromatic rings. The monoisotopic (exact) mass is 211 g/mol. The summed E-state index contributed by atoms with van der Waals surface area (Å²) >= 11 is 0. The van der Waals surface area contributed by atoms with Gasteiger partial charge in [-0.05, 0) is 29.8 Å². The van der Waals surface area contributed by atoms with Crippen molar-refractivity contribution < 1.29 is 0 Å². The Morgan fingerprint density at radius 3 is 2.88 bits per heavy atom. The molecule has 1 heterocycles. The molecule has 2 N–H and O–H groups in total. The van der Waals surface area contributed by atoms with Crippen LogP contribution < -0.4 is 5.32 Å². The zero-order valence-electron chi connectivity index (χ0n) is 8.90. The Morgan fingerprint density at radius 2 is 2.12 bits per heavy atom. The summed E-state index contributed by atoms with van der Waals surface area (Å²) in [7, 11) is 0. The Morgan fingerprint density at radius 1 is 1.19 bits per heavy atom. The fourth-order valence-corrected chi connectivity index (χ4v) is 1.57. The third-order valence-electron chi connectivity index (χ3n) is 2.36. The van der Waals surface area contributed by atoms with Crippen LogP contribution >= 0.6 is 0 Å². The average Bonchev–Trinajstić information content (AvgIpc) is 2.82. The van der Waals surface area contributed by atoms with Crippen LogP contribution in [0, 0.1) is 11.3 Å². The molecule has 3 nitrogen and oxygen atoms in total. The first-order chi connectivity index (χ1) is 7.88.